The predicted octanol–water partition coefficient (Wildman–Crippen LogP) is 5.72. The Bertz CT molecular complexity index is 766. The van der Waals surface area contributed by atoms with E-state index in [9.17, 15) is 0 Å². The summed E-state index contributed by atoms with van der Waals surface area (Å²) in [4.78, 5) is 0. The Morgan fingerprint density at radius 2 is 1.69 bits per heavy atom. The second-order valence-electron chi connectivity index (χ2n) is 9.39. The van der Waals surface area contributed by atoms with Crippen LogP contribution in [0.25, 0.3) is 11.3 Å². The monoisotopic (exact) mass is 412 g/mol. The molecule has 1 aliphatic rings. The molecule has 1 fully saturated rings. The minimum atomic E-state index is -1.94. The second kappa shape index (κ2) is 7.88. The van der Waals surface area contributed by atoms with Gasteiger partial charge in [0.05, 0.1) is 0 Å². The van der Waals surface area contributed by atoms with E-state index in [1.807, 2.05) is 0 Å². The van der Waals surface area contributed by atoms with Crippen LogP contribution in [0, 0.1) is 12.8 Å². The van der Waals surface area contributed by atoms with E-state index in [1.165, 1.54) is 48.9 Å². The Hall–Kier alpha value is -1.09. The van der Waals surface area contributed by atoms with E-state index in [0.717, 1.165) is 5.92 Å². The normalized spacial score (nSPS) is 17.3. The van der Waals surface area contributed by atoms with Crippen LogP contribution >= 0.6 is 0 Å². The first-order valence-corrected chi connectivity index (χ1v) is 17.7. The summed E-state index contributed by atoms with van der Waals surface area (Å²) in [6.07, 6.45) is 9.60. The number of pyridine rings is 1. The molecule has 1 atom stereocenters. The van der Waals surface area contributed by atoms with Gasteiger partial charge in [-0.3, -0.25) is 0 Å². The first-order valence-electron chi connectivity index (χ1n) is 10.4. The summed E-state index contributed by atoms with van der Waals surface area (Å²) in [7, 11) is 2.23. The van der Waals surface area contributed by atoms with Crippen molar-refractivity contribution >= 4 is 17.7 Å². The van der Waals surface area contributed by atoms with E-state index in [4.69, 9.17) is 0 Å². The third-order valence-corrected chi connectivity index (χ3v) is 10.6. The Balaban J connectivity index is 2.13. The molecule has 0 spiro atoms. The van der Waals surface area contributed by atoms with Gasteiger partial charge in [0.2, 0.25) is 0 Å². The van der Waals surface area contributed by atoms with Crippen LogP contribution in [0.15, 0.2) is 36.5 Å². The molecular formula is C24H36GeN+. The van der Waals surface area contributed by atoms with Crippen LogP contribution in [-0.4, -0.2) is 13.3 Å². The number of hydrogen-bond acceptors (Lipinski definition) is 0. The standard InChI is InChI=1S/C24H36GeN/c1-18-12-10-11-15-21(18)24-16-22(19(2)20-13-8-7-9-14-20)23(17-26(24)6)25(3,4)5/h10-12,15-17,19-20H,7-9,13-14H2,1-6H3/q+1. The van der Waals surface area contributed by atoms with Crippen molar-refractivity contribution in [2.24, 2.45) is 13.0 Å². The van der Waals surface area contributed by atoms with Crippen LogP contribution in [0.1, 0.15) is 56.1 Å². The van der Waals surface area contributed by atoms with Crippen molar-refractivity contribution in [3.8, 4) is 11.3 Å². The SMILES string of the molecule is Cc1ccccc1-c1cc(C(C)C2CCCCC2)[c]([Ge]([CH3])([CH3])[CH3])c[n+]1C. The molecule has 1 aliphatic carbocycles. The van der Waals surface area contributed by atoms with Crippen molar-refractivity contribution in [1.82, 2.24) is 0 Å². The van der Waals surface area contributed by atoms with Gasteiger partial charge in [-0.1, -0.05) is 0 Å². The van der Waals surface area contributed by atoms with Crippen molar-refractivity contribution in [3.05, 3.63) is 47.7 Å². The Morgan fingerprint density at radius 3 is 2.31 bits per heavy atom. The molecule has 0 N–H and O–H groups in total. The molecule has 1 saturated carbocycles. The number of rotatable bonds is 4. The van der Waals surface area contributed by atoms with Crippen molar-refractivity contribution in [2.45, 2.75) is 69.1 Å². The van der Waals surface area contributed by atoms with Crippen molar-refractivity contribution < 1.29 is 4.57 Å². The van der Waals surface area contributed by atoms with E-state index in [-0.39, 0.29) is 0 Å². The molecule has 1 heterocycles. The summed E-state index contributed by atoms with van der Waals surface area (Å²) in [6.45, 7) is 4.74. The van der Waals surface area contributed by atoms with Crippen LogP contribution in [0.5, 0.6) is 0 Å². The average molecular weight is 411 g/mol. The van der Waals surface area contributed by atoms with Gasteiger partial charge < -0.3 is 0 Å². The molecule has 26 heavy (non-hydrogen) atoms. The predicted molar refractivity (Wildman–Crippen MR) is 116 cm³/mol. The molecule has 1 aromatic heterocycles. The summed E-state index contributed by atoms with van der Waals surface area (Å²) in [5.41, 5.74) is 5.77. The summed E-state index contributed by atoms with van der Waals surface area (Å²) in [5, 5.41) is 0. The fraction of sp³-hybridized carbons (Fsp3) is 0.542. The first-order chi connectivity index (χ1) is 12.3. The molecule has 2 aromatic rings. The van der Waals surface area contributed by atoms with Gasteiger partial charge in [-0.05, 0) is 0 Å². The van der Waals surface area contributed by atoms with E-state index in [2.05, 4.69) is 79.3 Å². The van der Waals surface area contributed by atoms with E-state index >= 15 is 0 Å². The van der Waals surface area contributed by atoms with Gasteiger partial charge in [-0.15, -0.1) is 0 Å². The molecule has 1 aromatic carbocycles. The van der Waals surface area contributed by atoms with Crippen LogP contribution in [0.2, 0.25) is 17.3 Å². The molecule has 0 aliphatic heterocycles. The number of nitrogens with zero attached hydrogens (tertiary/aromatic N) is 1. The molecule has 3 rings (SSSR count). The van der Waals surface area contributed by atoms with Gasteiger partial charge in [-0.2, -0.15) is 0 Å². The summed E-state index contributed by atoms with van der Waals surface area (Å²) < 4.78 is 4.08. The van der Waals surface area contributed by atoms with Crippen LogP contribution < -0.4 is 8.96 Å². The molecule has 0 saturated heterocycles. The Labute approximate surface area is 163 Å². The van der Waals surface area contributed by atoms with Gasteiger partial charge in [-0.25, -0.2) is 0 Å². The molecule has 2 heteroatoms. The van der Waals surface area contributed by atoms with E-state index in [0.29, 0.717) is 5.92 Å². The van der Waals surface area contributed by atoms with Crippen LogP contribution in [0.3, 0.4) is 0 Å². The van der Waals surface area contributed by atoms with Crippen LogP contribution in [0.4, 0.5) is 0 Å². The maximum absolute atomic E-state index is 2.55. The molecule has 0 bridgehead atoms. The van der Waals surface area contributed by atoms with Gasteiger partial charge in [0.15, 0.2) is 0 Å². The zero-order chi connectivity index (χ0) is 18.9. The fourth-order valence-corrected chi connectivity index (χ4v) is 8.35. The van der Waals surface area contributed by atoms with E-state index < -0.39 is 13.3 Å². The number of hydrogen-bond donors (Lipinski definition) is 0. The molecule has 0 radical (unpaired) electrons. The number of aryl methyl sites for hydroxylation is 2. The fourth-order valence-electron chi connectivity index (χ4n) is 4.68. The van der Waals surface area contributed by atoms with E-state index in [1.54, 1.807) is 9.96 Å². The zero-order valence-corrected chi connectivity index (χ0v) is 19.7. The van der Waals surface area contributed by atoms with Crippen LogP contribution in [-0.2, 0) is 7.05 Å². The molecule has 1 unspecified atom stereocenters. The first kappa shape index (κ1) is 19.7. The van der Waals surface area contributed by atoms with Gasteiger partial charge in [0, 0.05) is 0 Å². The Kier molecular flexibility index (Phi) is 5.96. The van der Waals surface area contributed by atoms with Gasteiger partial charge in [0.1, 0.15) is 0 Å². The molecule has 1 nitrogen and oxygen atoms in total. The quantitative estimate of drug-likeness (QED) is 0.448. The average Bonchev–Trinajstić information content (AvgIpc) is 2.61. The Morgan fingerprint density at radius 1 is 1.04 bits per heavy atom. The molecule has 140 valence electrons. The zero-order valence-electron chi connectivity index (χ0n) is 17.6. The van der Waals surface area contributed by atoms with Crippen molar-refractivity contribution in [3.63, 3.8) is 0 Å². The molecule has 0 amide bonds. The third kappa shape index (κ3) is 4.08. The van der Waals surface area contributed by atoms with Crippen molar-refractivity contribution in [1.29, 1.82) is 0 Å². The summed E-state index contributed by atoms with van der Waals surface area (Å²) >= 11 is -1.94. The maximum atomic E-state index is 2.55. The minimum absolute atomic E-state index is 0.680. The van der Waals surface area contributed by atoms with Crippen molar-refractivity contribution in [2.75, 3.05) is 0 Å². The van der Waals surface area contributed by atoms with Gasteiger partial charge in [0.25, 0.3) is 0 Å². The number of aromatic nitrogens is 1. The second-order valence-corrected chi connectivity index (χ2v) is 20.0. The summed E-state index contributed by atoms with van der Waals surface area (Å²) in [6, 6.07) is 11.4. The third-order valence-electron chi connectivity index (χ3n) is 6.38. The topological polar surface area (TPSA) is 3.88 Å². The summed E-state index contributed by atoms with van der Waals surface area (Å²) in [5.74, 6) is 9.17. The molecular weight excluding hydrogens is 375 g/mol. The van der Waals surface area contributed by atoms with Gasteiger partial charge >= 0.3 is 163 Å². The number of benzene rings is 1.